The fourth-order valence-electron chi connectivity index (χ4n) is 5.21. The van der Waals surface area contributed by atoms with E-state index in [-0.39, 0.29) is 29.8 Å². The molecule has 2 saturated heterocycles. The molecule has 29 heavy (non-hydrogen) atoms. The van der Waals surface area contributed by atoms with Gasteiger partial charge in [-0.25, -0.2) is 4.79 Å². The third-order valence-electron chi connectivity index (χ3n) is 6.92. The zero-order valence-corrected chi connectivity index (χ0v) is 16.1. The summed E-state index contributed by atoms with van der Waals surface area (Å²) in [5.74, 6) is -0.327. The Balaban J connectivity index is 1.52. The summed E-state index contributed by atoms with van der Waals surface area (Å²) in [7, 11) is 0. The Kier molecular flexibility index (Phi) is 5.43. The molecule has 8 nitrogen and oxygen atoms in total. The SMILES string of the molecule is C=C1C(=O)O[C@H]2CC(=C)[C@@H]3C[C@H](O[C@H]4[C@H](O)[C@@H](O)[C@H](O)O[C@H]4CO)C(=C)[C@@H]3C[C@H]12. The van der Waals surface area contributed by atoms with E-state index < -0.39 is 43.4 Å². The highest BCUT2D eigenvalue weighted by molar-refractivity contribution is 5.90. The third-order valence-corrected chi connectivity index (χ3v) is 6.92. The van der Waals surface area contributed by atoms with Crippen LogP contribution in [0.1, 0.15) is 19.3 Å². The van der Waals surface area contributed by atoms with Gasteiger partial charge in [0.25, 0.3) is 0 Å². The van der Waals surface area contributed by atoms with E-state index in [0.29, 0.717) is 24.8 Å². The van der Waals surface area contributed by atoms with Gasteiger partial charge in [-0.2, -0.15) is 0 Å². The van der Waals surface area contributed by atoms with Gasteiger partial charge in [-0.1, -0.05) is 25.3 Å². The highest BCUT2D eigenvalue weighted by Gasteiger charge is 2.51. The Morgan fingerprint density at radius 3 is 2.45 bits per heavy atom. The van der Waals surface area contributed by atoms with Gasteiger partial charge in [-0.05, 0) is 30.3 Å². The summed E-state index contributed by atoms with van der Waals surface area (Å²) >= 11 is 0. The fraction of sp³-hybridized carbons (Fsp3) is 0.667. The molecule has 0 aromatic rings. The van der Waals surface area contributed by atoms with Gasteiger partial charge < -0.3 is 34.6 Å². The summed E-state index contributed by atoms with van der Waals surface area (Å²) in [5.41, 5.74) is 2.26. The predicted molar refractivity (Wildman–Crippen MR) is 100 cm³/mol. The Labute approximate surface area is 169 Å². The average Bonchev–Trinajstić information content (AvgIpc) is 3.08. The number of rotatable bonds is 3. The first kappa shape index (κ1) is 20.7. The summed E-state index contributed by atoms with van der Waals surface area (Å²) < 4.78 is 16.7. The number of esters is 1. The molecule has 0 aromatic carbocycles. The van der Waals surface area contributed by atoms with Crippen molar-refractivity contribution in [3.8, 4) is 0 Å². The summed E-state index contributed by atoms with van der Waals surface area (Å²) in [4.78, 5) is 11.9. The van der Waals surface area contributed by atoms with E-state index in [0.717, 1.165) is 11.1 Å². The van der Waals surface area contributed by atoms with Gasteiger partial charge in [0.15, 0.2) is 6.29 Å². The first-order valence-corrected chi connectivity index (χ1v) is 9.95. The van der Waals surface area contributed by atoms with Crippen molar-refractivity contribution in [2.45, 2.75) is 62.2 Å². The standard InChI is InChI=1S/C21H28O8/c1-8-4-15-13(10(3)20(25)28-15)5-12-9(2)14(6-11(8)12)27-19-16(7-22)29-21(26)18(24)17(19)23/h11-19,21-24,26H,1-7H2/t11-,12-,13+,14-,15-,16-,17+,18+,19+,21+/m0/s1. The smallest absolute Gasteiger partial charge is 0.334 e. The Morgan fingerprint density at radius 1 is 1.03 bits per heavy atom. The average molecular weight is 408 g/mol. The molecule has 4 fully saturated rings. The van der Waals surface area contributed by atoms with Crippen LogP contribution >= 0.6 is 0 Å². The third kappa shape index (κ3) is 3.37. The molecule has 2 saturated carbocycles. The van der Waals surface area contributed by atoms with Crippen molar-refractivity contribution < 1.29 is 39.4 Å². The minimum absolute atomic E-state index is 0.0264. The first-order valence-electron chi connectivity index (χ1n) is 9.95. The largest absolute Gasteiger partial charge is 0.458 e. The van der Waals surface area contributed by atoms with Crippen molar-refractivity contribution in [1.82, 2.24) is 0 Å². The highest BCUT2D eigenvalue weighted by atomic mass is 16.7. The number of aliphatic hydroxyl groups is 4. The number of aliphatic hydroxyl groups excluding tert-OH is 4. The molecule has 160 valence electrons. The number of carbonyl (C=O) groups excluding carboxylic acids is 1. The molecule has 2 heterocycles. The summed E-state index contributed by atoms with van der Waals surface area (Å²) in [6, 6.07) is 0. The maximum Gasteiger partial charge on any atom is 0.334 e. The summed E-state index contributed by atoms with van der Waals surface area (Å²) in [6.07, 6.45) is -5.41. The van der Waals surface area contributed by atoms with Crippen molar-refractivity contribution in [3.05, 3.63) is 36.5 Å². The van der Waals surface area contributed by atoms with E-state index in [1.54, 1.807) is 0 Å². The highest BCUT2D eigenvalue weighted by Crippen LogP contribution is 2.52. The number of hydrogen-bond acceptors (Lipinski definition) is 8. The molecule has 4 N–H and O–H groups in total. The molecular weight excluding hydrogens is 380 g/mol. The molecule has 2 aliphatic heterocycles. The van der Waals surface area contributed by atoms with Gasteiger partial charge in [0.1, 0.15) is 30.5 Å². The van der Waals surface area contributed by atoms with Crippen molar-refractivity contribution in [2.75, 3.05) is 6.61 Å². The molecule has 0 bridgehead atoms. The number of fused-ring (bicyclic) bond motifs is 2. The lowest BCUT2D eigenvalue weighted by Crippen LogP contribution is -2.60. The van der Waals surface area contributed by atoms with Crippen LogP contribution in [0.2, 0.25) is 0 Å². The van der Waals surface area contributed by atoms with Crippen LogP contribution in [0.5, 0.6) is 0 Å². The van der Waals surface area contributed by atoms with E-state index in [4.69, 9.17) is 14.2 Å². The van der Waals surface area contributed by atoms with E-state index in [9.17, 15) is 25.2 Å². The van der Waals surface area contributed by atoms with Crippen LogP contribution in [0.15, 0.2) is 36.5 Å². The second-order valence-corrected chi connectivity index (χ2v) is 8.52. The normalized spacial score (nSPS) is 47.6. The second kappa shape index (κ2) is 7.61. The zero-order chi connectivity index (χ0) is 21.0. The van der Waals surface area contributed by atoms with E-state index in [1.807, 2.05) is 0 Å². The minimum Gasteiger partial charge on any atom is -0.458 e. The maximum absolute atomic E-state index is 11.9. The Hall–Kier alpha value is -1.55. The number of ether oxygens (including phenoxy) is 3. The molecule has 4 aliphatic rings. The van der Waals surface area contributed by atoms with Gasteiger partial charge in [-0.15, -0.1) is 0 Å². The zero-order valence-electron chi connectivity index (χ0n) is 16.1. The molecule has 4 rings (SSSR count). The maximum atomic E-state index is 11.9. The topological polar surface area (TPSA) is 126 Å². The van der Waals surface area contributed by atoms with Crippen LogP contribution in [-0.4, -0.2) is 75.9 Å². The van der Waals surface area contributed by atoms with Crippen LogP contribution in [0.25, 0.3) is 0 Å². The van der Waals surface area contributed by atoms with Crippen LogP contribution in [0, 0.1) is 17.8 Å². The molecule has 0 aromatic heterocycles. The summed E-state index contributed by atoms with van der Waals surface area (Å²) in [6.45, 7) is 11.8. The van der Waals surface area contributed by atoms with Crippen molar-refractivity contribution in [1.29, 1.82) is 0 Å². The molecule has 0 spiro atoms. The molecule has 0 radical (unpaired) electrons. The quantitative estimate of drug-likeness (QED) is 0.288. The van der Waals surface area contributed by atoms with E-state index in [2.05, 4.69) is 19.7 Å². The van der Waals surface area contributed by atoms with Crippen LogP contribution in [0.3, 0.4) is 0 Å². The van der Waals surface area contributed by atoms with Crippen molar-refractivity contribution in [2.24, 2.45) is 17.8 Å². The molecule has 0 unspecified atom stereocenters. The van der Waals surface area contributed by atoms with Gasteiger partial charge >= 0.3 is 5.97 Å². The molecule has 8 heteroatoms. The Morgan fingerprint density at radius 2 is 1.76 bits per heavy atom. The van der Waals surface area contributed by atoms with Crippen LogP contribution in [-0.2, 0) is 19.0 Å². The minimum atomic E-state index is -1.59. The van der Waals surface area contributed by atoms with E-state index in [1.165, 1.54) is 0 Å². The fourth-order valence-corrected chi connectivity index (χ4v) is 5.21. The number of carbonyl (C=O) groups is 1. The lowest BCUT2D eigenvalue weighted by atomic mass is 9.83. The van der Waals surface area contributed by atoms with Crippen LogP contribution < -0.4 is 0 Å². The van der Waals surface area contributed by atoms with Gasteiger partial charge in [-0.3, -0.25) is 0 Å². The van der Waals surface area contributed by atoms with Gasteiger partial charge in [0.05, 0.1) is 12.7 Å². The van der Waals surface area contributed by atoms with E-state index >= 15 is 0 Å². The first-order chi connectivity index (χ1) is 13.7. The summed E-state index contributed by atoms with van der Waals surface area (Å²) in [5, 5.41) is 39.5. The molecule has 2 aliphatic carbocycles. The van der Waals surface area contributed by atoms with Crippen molar-refractivity contribution >= 4 is 5.97 Å². The van der Waals surface area contributed by atoms with Crippen LogP contribution in [0.4, 0.5) is 0 Å². The lowest BCUT2D eigenvalue weighted by molar-refractivity contribution is -0.298. The van der Waals surface area contributed by atoms with Gasteiger partial charge in [0.2, 0.25) is 0 Å². The van der Waals surface area contributed by atoms with Gasteiger partial charge in [0, 0.05) is 17.9 Å². The lowest BCUT2D eigenvalue weighted by Gasteiger charge is -2.41. The predicted octanol–water partition coefficient (Wildman–Crippen LogP) is -0.188. The molecule has 0 amide bonds. The molecule has 10 atom stereocenters. The Bertz CT molecular complexity index is 730. The monoisotopic (exact) mass is 408 g/mol. The van der Waals surface area contributed by atoms with Crippen molar-refractivity contribution in [3.63, 3.8) is 0 Å². The number of hydrogen-bond donors (Lipinski definition) is 4. The molecular formula is C21H28O8. The second-order valence-electron chi connectivity index (χ2n) is 8.52.